The molecule has 0 amide bonds. The molecule has 1 heterocycles. The van der Waals surface area contributed by atoms with Gasteiger partial charge in [-0.3, -0.25) is 0 Å². The summed E-state index contributed by atoms with van der Waals surface area (Å²) in [7, 11) is 0.256. The summed E-state index contributed by atoms with van der Waals surface area (Å²) in [6.45, 7) is 5.62. The quantitative estimate of drug-likeness (QED) is 0.636. The number of halogens is 1. The van der Waals surface area contributed by atoms with Crippen LogP contribution < -0.4 is 4.74 Å². The maximum Gasteiger partial charge on any atom is 0.223 e. The van der Waals surface area contributed by atoms with E-state index in [0.29, 0.717) is 16.0 Å². The van der Waals surface area contributed by atoms with Gasteiger partial charge in [0.25, 0.3) is 0 Å². The van der Waals surface area contributed by atoms with Crippen LogP contribution in [0.5, 0.6) is 5.88 Å². The SMILES string of the molecule is COc1nc(Br)ccc1C=NS(=O)C(C)(C)C. The molecule has 1 rings (SSSR count). The molecule has 0 aromatic carbocycles. The van der Waals surface area contributed by atoms with Crippen molar-refractivity contribution in [2.75, 3.05) is 7.11 Å². The zero-order chi connectivity index (χ0) is 13.1. The van der Waals surface area contributed by atoms with Gasteiger partial charge in [-0.2, -0.15) is 4.40 Å². The van der Waals surface area contributed by atoms with Gasteiger partial charge in [-0.25, -0.2) is 9.19 Å². The first-order chi connectivity index (χ1) is 7.84. The predicted molar refractivity (Wildman–Crippen MR) is 74.0 cm³/mol. The van der Waals surface area contributed by atoms with Crippen LogP contribution in [-0.4, -0.2) is 27.3 Å². The molecule has 1 unspecified atom stereocenters. The van der Waals surface area contributed by atoms with Crippen LogP contribution in [0.15, 0.2) is 21.1 Å². The second-order valence-electron chi connectivity index (χ2n) is 4.33. The Labute approximate surface area is 112 Å². The Morgan fingerprint density at radius 3 is 2.65 bits per heavy atom. The molecule has 94 valence electrons. The number of methoxy groups -OCH3 is 1. The topological polar surface area (TPSA) is 51.6 Å². The minimum atomic E-state index is -1.28. The number of nitrogens with zero attached hydrogens (tertiary/aromatic N) is 2. The second-order valence-corrected chi connectivity index (χ2v) is 7.07. The van der Waals surface area contributed by atoms with Gasteiger partial charge in [0.2, 0.25) is 5.88 Å². The molecule has 0 aliphatic heterocycles. The van der Waals surface area contributed by atoms with Gasteiger partial charge in [0, 0.05) is 0 Å². The highest BCUT2D eigenvalue weighted by molar-refractivity contribution is 9.10. The molecule has 4 nitrogen and oxygen atoms in total. The minimum absolute atomic E-state index is 0.369. The average molecular weight is 319 g/mol. The molecular weight excluding hydrogens is 304 g/mol. The fraction of sp³-hybridized carbons (Fsp3) is 0.455. The zero-order valence-electron chi connectivity index (χ0n) is 10.2. The maximum atomic E-state index is 11.7. The van der Waals surface area contributed by atoms with Gasteiger partial charge in [0.1, 0.15) is 15.6 Å². The monoisotopic (exact) mass is 318 g/mol. The Morgan fingerprint density at radius 2 is 2.12 bits per heavy atom. The molecule has 0 bridgehead atoms. The fourth-order valence-corrected chi connectivity index (χ4v) is 1.77. The number of hydrogen-bond acceptors (Lipinski definition) is 3. The third-order valence-corrected chi connectivity index (χ3v) is 3.65. The Bertz CT molecular complexity index is 455. The molecule has 6 heteroatoms. The smallest absolute Gasteiger partial charge is 0.223 e. The van der Waals surface area contributed by atoms with Crippen LogP contribution in [0.25, 0.3) is 0 Å². The van der Waals surface area contributed by atoms with E-state index in [-0.39, 0.29) is 4.75 Å². The summed E-state index contributed by atoms with van der Waals surface area (Å²) >= 11 is 3.25. The molecule has 0 aliphatic rings. The summed E-state index contributed by atoms with van der Waals surface area (Å²) in [4.78, 5) is 4.14. The Balaban J connectivity index is 2.96. The van der Waals surface area contributed by atoms with E-state index in [1.807, 2.05) is 20.8 Å². The molecule has 1 aromatic heterocycles. The Morgan fingerprint density at radius 1 is 1.47 bits per heavy atom. The first-order valence-corrected chi connectivity index (χ1v) is 6.91. The summed E-state index contributed by atoms with van der Waals surface area (Å²) in [6, 6.07) is 3.59. The number of hydrogen-bond donors (Lipinski definition) is 0. The van der Waals surface area contributed by atoms with Crippen molar-refractivity contribution in [3.05, 3.63) is 22.3 Å². The van der Waals surface area contributed by atoms with Crippen LogP contribution in [-0.2, 0) is 11.0 Å². The average Bonchev–Trinajstić information content (AvgIpc) is 2.25. The molecule has 0 saturated heterocycles. The van der Waals surface area contributed by atoms with E-state index in [4.69, 9.17) is 4.74 Å². The zero-order valence-corrected chi connectivity index (χ0v) is 12.6. The van der Waals surface area contributed by atoms with E-state index in [2.05, 4.69) is 25.3 Å². The molecule has 0 radical (unpaired) electrons. The van der Waals surface area contributed by atoms with E-state index in [0.717, 1.165) is 0 Å². The third-order valence-electron chi connectivity index (χ3n) is 1.86. The van der Waals surface area contributed by atoms with Gasteiger partial charge in [-0.15, -0.1) is 0 Å². The molecule has 1 atom stereocenters. The summed E-state index contributed by atoms with van der Waals surface area (Å²) in [6.07, 6.45) is 1.53. The highest BCUT2D eigenvalue weighted by Gasteiger charge is 2.18. The highest BCUT2D eigenvalue weighted by Crippen LogP contribution is 2.18. The van der Waals surface area contributed by atoms with Crippen LogP contribution >= 0.6 is 15.9 Å². The third kappa shape index (κ3) is 4.20. The second kappa shape index (κ2) is 5.73. The molecule has 1 aromatic rings. The number of pyridine rings is 1. The molecule has 17 heavy (non-hydrogen) atoms. The van der Waals surface area contributed by atoms with E-state index in [9.17, 15) is 4.21 Å². The lowest BCUT2D eigenvalue weighted by atomic mass is 10.3. The van der Waals surface area contributed by atoms with Crippen molar-refractivity contribution >= 4 is 33.1 Å². The van der Waals surface area contributed by atoms with Crippen molar-refractivity contribution in [2.24, 2.45) is 4.40 Å². The predicted octanol–water partition coefficient (Wildman–Crippen LogP) is 2.73. The van der Waals surface area contributed by atoms with Crippen molar-refractivity contribution in [2.45, 2.75) is 25.5 Å². The van der Waals surface area contributed by atoms with Crippen LogP contribution in [0, 0.1) is 0 Å². The number of rotatable bonds is 3. The van der Waals surface area contributed by atoms with Gasteiger partial charge in [-0.1, -0.05) is 0 Å². The lowest BCUT2D eigenvalue weighted by Gasteiger charge is -2.12. The number of ether oxygens (including phenoxy) is 1. The van der Waals surface area contributed by atoms with Gasteiger partial charge < -0.3 is 4.74 Å². The van der Waals surface area contributed by atoms with Crippen molar-refractivity contribution in [1.29, 1.82) is 0 Å². The summed E-state index contributed by atoms with van der Waals surface area (Å²) in [5, 5.41) is 0. The number of aromatic nitrogens is 1. The lowest BCUT2D eigenvalue weighted by molar-refractivity contribution is 0.396. The van der Waals surface area contributed by atoms with E-state index < -0.39 is 11.0 Å². The molecular formula is C11H15BrN2O2S. The normalized spacial score (nSPS) is 13.9. The molecule has 0 saturated carbocycles. The molecule has 0 aliphatic carbocycles. The summed E-state index contributed by atoms with van der Waals surface area (Å²) < 4.78 is 21.2. The van der Waals surface area contributed by atoms with E-state index >= 15 is 0 Å². The minimum Gasteiger partial charge on any atom is -0.480 e. The standard InChI is InChI=1S/C11H15BrN2O2S/c1-11(2,3)17(15)13-7-8-5-6-9(12)14-10(8)16-4/h5-7H,1-4H3. The van der Waals surface area contributed by atoms with Gasteiger partial charge in [0.05, 0.1) is 23.6 Å². The largest absolute Gasteiger partial charge is 0.480 e. The summed E-state index contributed by atoms with van der Waals surface area (Å²) in [5.41, 5.74) is 0.702. The van der Waals surface area contributed by atoms with Crippen molar-refractivity contribution in [3.8, 4) is 5.88 Å². The van der Waals surface area contributed by atoms with Crippen LogP contribution in [0.4, 0.5) is 0 Å². The molecule has 0 N–H and O–H groups in total. The van der Waals surface area contributed by atoms with Crippen LogP contribution in [0.2, 0.25) is 0 Å². The highest BCUT2D eigenvalue weighted by atomic mass is 79.9. The van der Waals surface area contributed by atoms with E-state index in [1.54, 1.807) is 12.1 Å². The molecule has 0 fully saturated rings. The van der Waals surface area contributed by atoms with Crippen LogP contribution in [0.1, 0.15) is 26.3 Å². The van der Waals surface area contributed by atoms with E-state index in [1.165, 1.54) is 13.3 Å². The Hall–Kier alpha value is -0.750. The van der Waals surface area contributed by atoms with Gasteiger partial charge in [-0.05, 0) is 48.8 Å². The van der Waals surface area contributed by atoms with Gasteiger partial charge >= 0.3 is 0 Å². The van der Waals surface area contributed by atoms with Gasteiger partial charge in [0.15, 0.2) is 0 Å². The van der Waals surface area contributed by atoms with Crippen molar-refractivity contribution in [3.63, 3.8) is 0 Å². The summed E-state index contributed by atoms with van der Waals surface area (Å²) in [5.74, 6) is 0.453. The Kier molecular flexibility index (Phi) is 4.82. The maximum absolute atomic E-state index is 11.7. The first-order valence-electron chi connectivity index (χ1n) is 5.01. The van der Waals surface area contributed by atoms with Crippen molar-refractivity contribution in [1.82, 2.24) is 4.98 Å². The molecule has 0 spiro atoms. The lowest BCUT2D eigenvalue weighted by Crippen LogP contribution is -2.19. The first kappa shape index (κ1) is 14.3. The van der Waals surface area contributed by atoms with Crippen molar-refractivity contribution < 1.29 is 8.95 Å². The van der Waals surface area contributed by atoms with Crippen LogP contribution in [0.3, 0.4) is 0 Å². The fourth-order valence-electron chi connectivity index (χ4n) is 0.953.